The summed E-state index contributed by atoms with van der Waals surface area (Å²) >= 11 is 0. The molecule has 0 heterocycles. The number of amides is 1. The molecule has 0 aliphatic rings. The number of rotatable bonds is 7. The Hall–Kier alpha value is -3.19. The summed E-state index contributed by atoms with van der Waals surface area (Å²) in [5, 5.41) is 2.91. The fourth-order valence-electron chi connectivity index (χ4n) is 3.27. The highest BCUT2D eigenvalue weighted by Crippen LogP contribution is 2.26. The average Bonchev–Trinajstić information content (AvgIpc) is 2.71. The number of carbonyl (C=O) groups excluding carboxylic acids is 1. The predicted molar refractivity (Wildman–Crippen MR) is 116 cm³/mol. The quantitative estimate of drug-likeness (QED) is 0.625. The molecule has 0 aliphatic heterocycles. The fourth-order valence-corrected chi connectivity index (χ4v) is 4.13. The fraction of sp³-hybridized carbons (Fsp3) is 0.174. The number of halogens is 1. The van der Waals surface area contributed by atoms with E-state index in [0.717, 1.165) is 33.3 Å². The van der Waals surface area contributed by atoms with Crippen LogP contribution in [0.15, 0.2) is 78.9 Å². The highest BCUT2D eigenvalue weighted by molar-refractivity contribution is 7.92. The van der Waals surface area contributed by atoms with Crippen molar-refractivity contribution in [1.82, 2.24) is 5.32 Å². The van der Waals surface area contributed by atoms with Gasteiger partial charge in [-0.15, -0.1) is 0 Å². The molecule has 0 saturated carbocycles. The second-order valence-corrected chi connectivity index (χ2v) is 8.90. The summed E-state index contributed by atoms with van der Waals surface area (Å²) in [6, 6.07) is 22.1. The van der Waals surface area contributed by atoms with Gasteiger partial charge in [0.05, 0.1) is 18.0 Å². The van der Waals surface area contributed by atoms with Gasteiger partial charge >= 0.3 is 0 Å². The van der Waals surface area contributed by atoms with Gasteiger partial charge in [-0.25, -0.2) is 12.8 Å². The van der Waals surface area contributed by atoms with Crippen molar-refractivity contribution in [3.8, 4) is 0 Å². The molecule has 3 aromatic carbocycles. The molecule has 0 fully saturated rings. The van der Waals surface area contributed by atoms with Crippen molar-refractivity contribution >= 4 is 21.6 Å². The average molecular weight is 427 g/mol. The molecule has 0 unspecified atom stereocenters. The van der Waals surface area contributed by atoms with Crippen LogP contribution in [0.1, 0.15) is 22.7 Å². The van der Waals surface area contributed by atoms with E-state index in [-0.39, 0.29) is 5.69 Å². The SMILES string of the molecule is Cc1ccccc1[C@H](NC(=O)CN(c1ccccc1F)S(C)(=O)=O)c1ccccc1. The molecular formula is C23H23FN2O3S. The number of para-hydroxylation sites is 1. The smallest absolute Gasteiger partial charge is 0.241 e. The first-order chi connectivity index (χ1) is 14.3. The van der Waals surface area contributed by atoms with Gasteiger partial charge in [0.25, 0.3) is 0 Å². The first kappa shape index (κ1) is 21.5. The summed E-state index contributed by atoms with van der Waals surface area (Å²) in [5.74, 6) is -1.25. The highest BCUT2D eigenvalue weighted by Gasteiger charge is 2.25. The zero-order chi connectivity index (χ0) is 21.7. The van der Waals surface area contributed by atoms with E-state index in [2.05, 4.69) is 5.32 Å². The van der Waals surface area contributed by atoms with Crippen molar-refractivity contribution in [2.45, 2.75) is 13.0 Å². The molecule has 5 nitrogen and oxygen atoms in total. The minimum absolute atomic E-state index is 0.165. The van der Waals surface area contributed by atoms with Crippen molar-refractivity contribution in [3.63, 3.8) is 0 Å². The summed E-state index contributed by atoms with van der Waals surface area (Å²) < 4.78 is 39.6. The standard InChI is InChI=1S/C23H23FN2O3S/c1-17-10-6-7-13-19(17)23(18-11-4-3-5-12-18)25-22(27)16-26(30(2,28)29)21-15-9-8-14-20(21)24/h3-15,23H,16H2,1-2H3,(H,25,27)/t23-/m1/s1. The predicted octanol–water partition coefficient (Wildman–Crippen LogP) is 3.81. The number of anilines is 1. The maximum atomic E-state index is 14.2. The zero-order valence-electron chi connectivity index (χ0n) is 16.7. The van der Waals surface area contributed by atoms with Gasteiger partial charge in [0.2, 0.25) is 15.9 Å². The van der Waals surface area contributed by atoms with Crippen molar-refractivity contribution in [3.05, 3.63) is 101 Å². The Morgan fingerprint density at radius 3 is 2.20 bits per heavy atom. The van der Waals surface area contributed by atoms with Gasteiger partial charge in [-0.2, -0.15) is 0 Å². The third-order valence-corrected chi connectivity index (χ3v) is 5.87. The lowest BCUT2D eigenvalue weighted by atomic mass is 9.95. The molecule has 3 aromatic rings. The molecule has 7 heteroatoms. The molecule has 0 spiro atoms. The van der Waals surface area contributed by atoms with E-state index in [4.69, 9.17) is 0 Å². The van der Waals surface area contributed by atoms with Crippen molar-refractivity contribution in [2.24, 2.45) is 0 Å². The van der Waals surface area contributed by atoms with E-state index < -0.39 is 34.3 Å². The zero-order valence-corrected chi connectivity index (χ0v) is 17.6. The van der Waals surface area contributed by atoms with Crippen LogP contribution in [-0.2, 0) is 14.8 Å². The lowest BCUT2D eigenvalue weighted by Crippen LogP contribution is -2.42. The van der Waals surface area contributed by atoms with Gasteiger partial charge in [0.1, 0.15) is 12.4 Å². The van der Waals surface area contributed by atoms with Gasteiger partial charge in [-0.1, -0.05) is 66.7 Å². The number of carbonyl (C=O) groups is 1. The van der Waals surface area contributed by atoms with Crippen molar-refractivity contribution in [2.75, 3.05) is 17.1 Å². The number of nitrogens with one attached hydrogen (secondary N) is 1. The largest absolute Gasteiger partial charge is 0.344 e. The molecule has 1 N–H and O–H groups in total. The number of sulfonamides is 1. The highest BCUT2D eigenvalue weighted by atomic mass is 32.2. The number of hydrogen-bond acceptors (Lipinski definition) is 3. The van der Waals surface area contributed by atoms with E-state index in [9.17, 15) is 17.6 Å². The minimum atomic E-state index is -3.88. The van der Waals surface area contributed by atoms with Crippen LogP contribution in [0, 0.1) is 12.7 Å². The molecular weight excluding hydrogens is 403 g/mol. The summed E-state index contributed by atoms with van der Waals surface area (Å²) in [7, 11) is -3.88. The van der Waals surface area contributed by atoms with Crippen LogP contribution in [0.2, 0.25) is 0 Å². The van der Waals surface area contributed by atoms with E-state index in [1.165, 1.54) is 18.2 Å². The van der Waals surface area contributed by atoms with Crippen LogP contribution in [0.3, 0.4) is 0 Å². The molecule has 156 valence electrons. The summed E-state index contributed by atoms with van der Waals surface area (Å²) in [4.78, 5) is 12.9. The first-order valence-corrected chi connectivity index (χ1v) is 11.2. The molecule has 1 atom stereocenters. The van der Waals surface area contributed by atoms with Crippen LogP contribution < -0.4 is 9.62 Å². The normalized spacial score (nSPS) is 12.2. The second kappa shape index (κ2) is 9.09. The van der Waals surface area contributed by atoms with Crippen molar-refractivity contribution in [1.29, 1.82) is 0 Å². The molecule has 3 rings (SSSR count). The maximum absolute atomic E-state index is 14.2. The molecule has 1 amide bonds. The van der Waals surface area contributed by atoms with Crippen LogP contribution in [0.5, 0.6) is 0 Å². The number of aryl methyl sites for hydroxylation is 1. The van der Waals surface area contributed by atoms with E-state index in [0.29, 0.717) is 0 Å². The Bertz CT molecular complexity index is 1130. The Kier molecular flexibility index (Phi) is 6.52. The minimum Gasteiger partial charge on any atom is -0.344 e. The Morgan fingerprint density at radius 2 is 1.57 bits per heavy atom. The third-order valence-electron chi connectivity index (χ3n) is 4.75. The van der Waals surface area contributed by atoms with Gasteiger partial charge in [-0.3, -0.25) is 9.10 Å². The number of benzene rings is 3. The van der Waals surface area contributed by atoms with Crippen LogP contribution >= 0.6 is 0 Å². The van der Waals surface area contributed by atoms with E-state index >= 15 is 0 Å². The van der Waals surface area contributed by atoms with Gasteiger partial charge < -0.3 is 5.32 Å². The van der Waals surface area contributed by atoms with E-state index in [1.54, 1.807) is 0 Å². The molecule has 0 aromatic heterocycles. The molecule has 0 saturated heterocycles. The van der Waals surface area contributed by atoms with Crippen LogP contribution in [0.25, 0.3) is 0 Å². The second-order valence-electron chi connectivity index (χ2n) is 6.99. The Labute approximate surface area is 176 Å². The molecule has 30 heavy (non-hydrogen) atoms. The van der Waals surface area contributed by atoms with Gasteiger partial charge in [-0.05, 0) is 35.7 Å². The monoisotopic (exact) mass is 426 g/mol. The topological polar surface area (TPSA) is 66.5 Å². The molecule has 0 radical (unpaired) electrons. The lowest BCUT2D eigenvalue weighted by molar-refractivity contribution is -0.120. The summed E-state index contributed by atoms with van der Waals surface area (Å²) in [6.07, 6.45) is 0.947. The van der Waals surface area contributed by atoms with Crippen LogP contribution in [0.4, 0.5) is 10.1 Å². The van der Waals surface area contributed by atoms with Gasteiger partial charge in [0.15, 0.2) is 0 Å². The van der Waals surface area contributed by atoms with Gasteiger partial charge in [0, 0.05) is 0 Å². The third kappa shape index (κ3) is 5.04. The maximum Gasteiger partial charge on any atom is 0.241 e. The summed E-state index contributed by atoms with van der Waals surface area (Å²) in [5.41, 5.74) is 2.58. The Balaban J connectivity index is 1.92. The van der Waals surface area contributed by atoms with Crippen LogP contribution in [-0.4, -0.2) is 27.1 Å². The van der Waals surface area contributed by atoms with E-state index in [1.807, 2.05) is 61.5 Å². The molecule has 0 aliphatic carbocycles. The Morgan fingerprint density at radius 1 is 0.967 bits per heavy atom. The number of hydrogen-bond donors (Lipinski definition) is 1. The lowest BCUT2D eigenvalue weighted by Gasteiger charge is -2.25. The molecule has 0 bridgehead atoms. The van der Waals surface area contributed by atoms with Crippen molar-refractivity contribution < 1.29 is 17.6 Å². The first-order valence-electron chi connectivity index (χ1n) is 9.39. The number of nitrogens with zero attached hydrogens (tertiary/aromatic N) is 1. The summed E-state index contributed by atoms with van der Waals surface area (Å²) in [6.45, 7) is 1.41.